The molecule has 21 heavy (non-hydrogen) atoms. The van der Waals surface area contributed by atoms with Crippen LogP contribution in [0.2, 0.25) is 0 Å². The average Bonchev–Trinajstić information content (AvgIpc) is 2.44. The molecule has 0 atom stereocenters. The van der Waals surface area contributed by atoms with Crippen molar-refractivity contribution in [3.63, 3.8) is 0 Å². The molecule has 6 heteroatoms. The van der Waals surface area contributed by atoms with Crippen molar-refractivity contribution in [1.29, 1.82) is 0 Å². The number of aliphatic hydroxyl groups excluding tert-OH is 1. The van der Waals surface area contributed by atoms with Crippen LogP contribution in [0.4, 0.5) is 5.69 Å². The minimum absolute atomic E-state index is 0.0806. The number of nitrogens with one attached hydrogen (secondary N) is 2. The predicted octanol–water partition coefficient (Wildman–Crippen LogP) is 2.20. The van der Waals surface area contributed by atoms with Gasteiger partial charge in [-0.25, -0.2) is 13.1 Å². The Balaban J connectivity index is 2.63. The Hall–Kier alpha value is -1.11. The zero-order chi connectivity index (χ0) is 15.9. The second-order valence-electron chi connectivity index (χ2n) is 5.87. The lowest BCUT2D eigenvalue weighted by Crippen LogP contribution is -2.24. The highest BCUT2D eigenvalue weighted by molar-refractivity contribution is 7.89. The largest absolute Gasteiger partial charge is 0.396 e. The summed E-state index contributed by atoms with van der Waals surface area (Å²) in [6.07, 6.45) is 1.72. The number of anilines is 1. The first-order valence-electron chi connectivity index (χ1n) is 7.25. The predicted molar refractivity (Wildman–Crippen MR) is 85.9 cm³/mol. The highest BCUT2D eigenvalue weighted by atomic mass is 32.2. The fourth-order valence-corrected chi connectivity index (χ4v) is 3.05. The normalized spacial score (nSPS) is 12.4. The van der Waals surface area contributed by atoms with Gasteiger partial charge in [-0.05, 0) is 42.5 Å². The first-order valence-corrected chi connectivity index (χ1v) is 8.73. The Kier molecular flexibility index (Phi) is 6.64. The number of rotatable bonds is 9. The molecule has 0 fully saturated rings. The highest BCUT2D eigenvalue weighted by Crippen LogP contribution is 2.23. The summed E-state index contributed by atoms with van der Waals surface area (Å²) in [6.45, 7) is 7.38. The third-order valence-electron chi connectivity index (χ3n) is 3.28. The molecule has 1 aromatic carbocycles. The minimum atomic E-state index is -3.39. The molecule has 0 radical (unpaired) electrons. The summed E-state index contributed by atoms with van der Waals surface area (Å²) in [6, 6.07) is 6.74. The molecule has 0 aliphatic carbocycles. The summed E-state index contributed by atoms with van der Waals surface area (Å²) in [5.74, 6) is 0. The third-order valence-corrected chi connectivity index (χ3v) is 4.84. The molecule has 3 N–H and O–H groups in total. The van der Waals surface area contributed by atoms with Gasteiger partial charge in [-0.3, -0.25) is 0 Å². The highest BCUT2D eigenvalue weighted by Gasteiger charge is 2.17. The van der Waals surface area contributed by atoms with Gasteiger partial charge < -0.3 is 10.4 Å². The van der Waals surface area contributed by atoms with E-state index in [2.05, 4.69) is 23.9 Å². The van der Waals surface area contributed by atoms with Crippen LogP contribution >= 0.6 is 0 Å². The molecule has 0 amide bonds. The van der Waals surface area contributed by atoms with Gasteiger partial charge in [-0.2, -0.15) is 0 Å². The number of hydrogen-bond acceptors (Lipinski definition) is 4. The molecule has 1 aromatic rings. The molecular weight excluding hydrogens is 288 g/mol. The van der Waals surface area contributed by atoms with Crippen LogP contribution in [-0.2, 0) is 10.0 Å². The maximum Gasteiger partial charge on any atom is 0.240 e. The van der Waals surface area contributed by atoms with Crippen molar-refractivity contribution in [2.24, 2.45) is 5.41 Å². The van der Waals surface area contributed by atoms with Crippen molar-refractivity contribution < 1.29 is 13.5 Å². The van der Waals surface area contributed by atoms with Crippen LogP contribution in [-0.4, -0.2) is 33.2 Å². The van der Waals surface area contributed by atoms with Crippen molar-refractivity contribution >= 4 is 15.7 Å². The zero-order valence-corrected chi connectivity index (χ0v) is 13.8. The van der Waals surface area contributed by atoms with E-state index in [4.69, 9.17) is 5.11 Å². The van der Waals surface area contributed by atoms with Crippen LogP contribution in [0.5, 0.6) is 0 Å². The molecule has 0 unspecified atom stereocenters. The maximum atomic E-state index is 11.8. The Morgan fingerprint density at radius 2 is 1.81 bits per heavy atom. The van der Waals surface area contributed by atoms with Gasteiger partial charge in [0.05, 0.1) is 4.90 Å². The average molecular weight is 314 g/mol. The second-order valence-corrected chi connectivity index (χ2v) is 7.64. The standard InChI is InChI=1S/C15H26N2O3S/c1-4-17-21(19,20)14-8-6-13(7-9-14)16-12-15(2,3)10-5-11-18/h6-9,16-18H,4-5,10-12H2,1-3H3. The summed E-state index contributed by atoms with van der Waals surface area (Å²) in [7, 11) is -3.39. The maximum absolute atomic E-state index is 11.8. The van der Waals surface area contributed by atoms with Crippen molar-refractivity contribution in [2.75, 3.05) is 25.0 Å². The van der Waals surface area contributed by atoms with Gasteiger partial charge in [0.15, 0.2) is 0 Å². The first kappa shape index (κ1) is 17.9. The number of hydrogen-bond donors (Lipinski definition) is 3. The summed E-state index contributed by atoms with van der Waals surface area (Å²) in [5.41, 5.74) is 0.972. The van der Waals surface area contributed by atoms with Crippen LogP contribution < -0.4 is 10.0 Å². The molecule has 0 bridgehead atoms. The Bertz CT molecular complexity index is 524. The van der Waals surface area contributed by atoms with Crippen molar-refractivity contribution in [1.82, 2.24) is 4.72 Å². The number of aliphatic hydroxyl groups is 1. The van der Waals surface area contributed by atoms with E-state index in [1.54, 1.807) is 31.2 Å². The second kappa shape index (κ2) is 7.77. The molecule has 0 spiro atoms. The number of sulfonamides is 1. The van der Waals surface area contributed by atoms with Crippen molar-refractivity contribution in [2.45, 2.75) is 38.5 Å². The van der Waals surface area contributed by atoms with Crippen LogP contribution in [0.15, 0.2) is 29.2 Å². The molecule has 0 aromatic heterocycles. The van der Waals surface area contributed by atoms with Crippen molar-refractivity contribution in [3.8, 4) is 0 Å². The smallest absolute Gasteiger partial charge is 0.240 e. The molecule has 0 aliphatic rings. The van der Waals surface area contributed by atoms with Gasteiger partial charge in [0, 0.05) is 25.4 Å². The Morgan fingerprint density at radius 1 is 1.19 bits per heavy atom. The van der Waals surface area contributed by atoms with Gasteiger partial charge in [0.1, 0.15) is 0 Å². The molecule has 5 nitrogen and oxygen atoms in total. The van der Waals surface area contributed by atoms with Crippen LogP contribution in [0, 0.1) is 5.41 Å². The van der Waals surface area contributed by atoms with E-state index in [1.807, 2.05) is 0 Å². The van der Waals surface area contributed by atoms with Crippen LogP contribution in [0.25, 0.3) is 0 Å². The zero-order valence-electron chi connectivity index (χ0n) is 13.0. The van der Waals surface area contributed by atoms with E-state index in [1.165, 1.54) is 0 Å². The van der Waals surface area contributed by atoms with E-state index >= 15 is 0 Å². The molecule has 0 aliphatic heterocycles. The first-order chi connectivity index (χ1) is 9.80. The molecule has 1 rings (SSSR count). The summed E-state index contributed by atoms with van der Waals surface area (Å²) in [4.78, 5) is 0.273. The topological polar surface area (TPSA) is 78.4 Å². The summed E-state index contributed by atoms with van der Waals surface area (Å²) in [5, 5.41) is 12.2. The molecular formula is C15H26N2O3S. The quantitative estimate of drug-likeness (QED) is 0.653. The van der Waals surface area contributed by atoms with Gasteiger partial charge in [-0.1, -0.05) is 20.8 Å². The fraction of sp³-hybridized carbons (Fsp3) is 0.600. The van der Waals surface area contributed by atoms with E-state index in [0.717, 1.165) is 25.1 Å². The van der Waals surface area contributed by atoms with Gasteiger partial charge >= 0.3 is 0 Å². The molecule has 0 saturated heterocycles. The van der Waals surface area contributed by atoms with E-state index in [9.17, 15) is 8.42 Å². The van der Waals surface area contributed by atoms with Crippen LogP contribution in [0.1, 0.15) is 33.6 Å². The SMILES string of the molecule is CCNS(=O)(=O)c1ccc(NCC(C)(C)CCCO)cc1. The van der Waals surface area contributed by atoms with E-state index < -0.39 is 10.0 Å². The fourth-order valence-electron chi connectivity index (χ4n) is 2.01. The minimum Gasteiger partial charge on any atom is -0.396 e. The van der Waals surface area contributed by atoms with Gasteiger partial charge in [-0.15, -0.1) is 0 Å². The molecule has 120 valence electrons. The molecule has 0 saturated carbocycles. The molecule has 0 heterocycles. The lowest BCUT2D eigenvalue weighted by Gasteiger charge is -2.25. The van der Waals surface area contributed by atoms with Crippen LogP contribution in [0.3, 0.4) is 0 Å². The van der Waals surface area contributed by atoms with Gasteiger partial charge in [0.25, 0.3) is 0 Å². The van der Waals surface area contributed by atoms with Crippen molar-refractivity contribution in [3.05, 3.63) is 24.3 Å². The number of benzene rings is 1. The lowest BCUT2D eigenvalue weighted by molar-refractivity contribution is 0.248. The van der Waals surface area contributed by atoms with E-state index in [-0.39, 0.29) is 16.9 Å². The Labute approximate surface area is 127 Å². The van der Waals surface area contributed by atoms with E-state index in [0.29, 0.717) is 6.54 Å². The third kappa shape index (κ3) is 6.03. The lowest BCUT2D eigenvalue weighted by atomic mass is 9.88. The Morgan fingerprint density at radius 3 is 2.33 bits per heavy atom. The monoisotopic (exact) mass is 314 g/mol. The summed E-state index contributed by atoms with van der Waals surface area (Å²) < 4.78 is 26.1. The van der Waals surface area contributed by atoms with Gasteiger partial charge in [0.2, 0.25) is 10.0 Å². The summed E-state index contributed by atoms with van der Waals surface area (Å²) >= 11 is 0.